The summed E-state index contributed by atoms with van der Waals surface area (Å²) in [5.74, 6) is 1.65. The van der Waals surface area contributed by atoms with Crippen molar-refractivity contribution in [2.75, 3.05) is 20.1 Å². The van der Waals surface area contributed by atoms with Crippen molar-refractivity contribution in [2.24, 2.45) is 17.8 Å². The Hall–Kier alpha value is -3.02. The average Bonchev–Trinajstić information content (AvgIpc) is 3.54. The van der Waals surface area contributed by atoms with Gasteiger partial charge in [0.25, 0.3) is 0 Å². The fraction of sp³-hybridized carbons (Fsp3) is 0.536. The minimum atomic E-state index is -4.37. The van der Waals surface area contributed by atoms with Gasteiger partial charge in [0.2, 0.25) is 0 Å². The van der Waals surface area contributed by atoms with E-state index in [1.807, 2.05) is 23.8 Å². The summed E-state index contributed by atoms with van der Waals surface area (Å²) < 4.78 is 41.0. The van der Waals surface area contributed by atoms with Crippen molar-refractivity contribution in [3.8, 4) is 0 Å². The summed E-state index contributed by atoms with van der Waals surface area (Å²) in [4.78, 5) is 18.4. The van der Waals surface area contributed by atoms with Gasteiger partial charge in [-0.1, -0.05) is 0 Å². The smallest absolute Gasteiger partial charge is 0.390 e. The molecule has 4 atom stereocenters. The Kier molecular flexibility index (Phi) is 6.63. The van der Waals surface area contributed by atoms with E-state index in [9.17, 15) is 23.4 Å². The van der Waals surface area contributed by atoms with Gasteiger partial charge in [-0.05, 0) is 69.3 Å². The van der Waals surface area contributed by atoms with E-state index in [0.717, 1.165) is 60.5 Å². The number of aliphatic hydroxyl groups is 2. The molecule has 8 nitrogen and oxygen atoms in total. The molecule has 3 heterocycles. The molecule has 0 bridgehead atoms. The molecule has 6 rings (SSSR count). The number of nitrogens with zero attached hydrogens (tertiary/aromatic N) is 5. The maximum atomic E-state index is 13.0. The highest BCUT2D eigenvalue weighted by molar-refractivity contribution is 5.78. The van der Waals surface area contributed by atoms with Crippen molar-refractivity contribution in [3.63, 3.8) is 0 Å². The molecule has 208 valence electrons. The summed E-state index contributed by atoms with van der Waals surface area (Å²) in [6, 6.07) is 5.33. The van der Waals surface area contributed by atoms with Crippen LogP contribution in [0.1, 0.15) is 42.4 Å². The molecular weight excluding hydrogens is 509 g/mol. The average molecular weight is 543 g/mol. The summed E-state index contributed by atoms with van der Waals surface area (Å²) >= 11 is 0. The van der Waals surface area contributed by atoms with Crippen molar-refractivity contribution in [1.82, 2.24) is 29.4 Å². The number of imidazole rings is 1. The molecule has 39 heavy (non-hydrogen) atoms. The van der Waals surface area contributed by atoms with Gasteiger partial charge in [-0.25, -0.2) is 15.0 Å². The quantitative estimate of drug-likeness (QED) is 0.325. The second-order valence-electron chi connectivity index (χ2n) is 11.5. The predicted octanol–water partition coefficient (Wildman–Crippen LogP) is 4.12. The van der Waals surface area contributed by atoms with E-state index >= 15 is 0 Å². The van der Waals surface area contributed by atoms with Gasteiger partial charge in [0.15, 0.2) is 0 Å². The highest BCUT2D eigenvalue weighted by Gasteiger charge is 2.43. The number of hydrogen-bond acceptors (Lipinski definition) is 6. The Morgan fingerprint density at radius 2 is 1.85 bits per heavy atom. The van der Waals surface area contributed by atoms with Gasteiger partial charge in [0.05, 0.1) is 34.4 Å². The second-order valence-corrected chi connectivity index (χ2v) is 11.5. The first-order valence-electron chi connectivity index (χ1n) is 13.5. The van der Waals surface area contributed by atoms with Gasteiger partial charge >= 0.3 is 6.18 Å². The van der Waals surface area contributed by atoms with E-state index < -0.39 is 23.9 Å². The van der Waals surface area contributed by atoms with Crippen molar-refractivity contribution in [1.29, 1.82) is 0 Å². The maximum Gasteiger partial charge on any atom is 0.416 e. The Bertz CT molecular complexity index is 1480. The number of H-pyrrole nitrogens is 1. The first kappa shape index (κ1) is 26.2. The maximum absolute atomic E-state index is 13.0. The molecule has 0 aliphatic heterocycles. The zero-order valence-electron chi connectivity index (χ0n) is 21.9. The van der Waals surface area contributed by atoms with E-state index in [0.29, 0.717) is 35.8 Å². The number of halogens is 3. The van der Waals surface area contributed by atoms with Gasteiger partial charge < -0.3 is 24.7 Å². The number of fused-ring (bicyclic) bond motifs is 2. The van der Waals surface area contributed by atoms with Crippen LogP contribution in [0.3, 0.4) is 0 Å². The van der Waals surface area contributed by atoms with Gasteiger partial charge in [-0.3, -0.25) is 0 Å². The normalized spacial score (nSPS) is 27.6. The lowest BCUT2D eigenvalue weighted by Crippen LogP contribution is -2.39. The van der Waals surface area contributed by atoms with Gasteiger partial charge in [-0.2, -0.15) is 13.2 Å². The summed E-state index contributed by atoms with van der Waals surface area (Å²) in [5.41, 5.74) is 1.96. The van der Waals surface area contributed by atoms with Crippen LogP contribution in [0.2, 0.25) is 0 Å². The van der Waals surface area contributed by atoms with Crippen LogP contribution in [0.25, 0.3) is 22.1 Å². The topological polar surface area (TPSA) is 103 Å². The number of benzene rings is 1. The molecule has 0 saturated heterocycles. The largest absolute Gasteiger partial charge is 0.416 e. The number of alkyl halides is 3. The molecule has 4 aromatic rings. The SMILES string of the molecule is Cc1ncnc2c1ccn2[C@@H]1C[C@H](CN(C)CC2CC(Cc3nc4ccc(C(F)(F)F)cc4[nH]3)C2)[C@@H](O)[C@H]1O. The molecular formula is C28H33F3N6O2. The van der Waals surface area contributed by atoms with Gasteiger partial charge in [-0.15, -0.1) is 0 Å². The van der Waals surface area contributed by atoms with Crippen LogP contribution in [0.4, 0.5) is 13.2 Å². The van der Waals surface area contributed by atoms with E-state index in [4.69, 9.17) is 0 Å². The molecule has 2 fully saturated rings. The lowest BCUT2D eigenvalue weighted by Gasteiger charge is -2.38. The Morgan fingerprint density at radius 1 is 1.05 bits per heavy atom. The molecule has 11 heteroatoms. The second kappa shape index (κ2) is 9.87. The molecule has 2 aliphatic carbocycles. The molecule has 3 N–H and O–H groups in total. The van der Waals surface area contributed by atoms with Gasteiger partial charge in [0.1, 0.15) is 23.9 Å². The summed E-state index contributed by atoms with van der Waals surface area (Å²) in [6.07, 6.45) is 0.853. The summed E-state index contributed by atoms with van der Waals surface area (Å²) in [7, 11) is 2.05. The number of rotatable bonds is 7. The molecule has 2 saturated carbocycles. The summed E-state index contributed by atoms with van der Waals surface area (Å²) in [5, 5.41) is 22.7. The number of hydrogen-bond donors (Lipinski definition) is 3. The molecule has 2 aliphatic rings. The van der Waals surface area contributed by atoms with Crippen LogP contribution in [0.15, 0.2) is 36.8 Å². The monoisotopic (exact) mass is 542 g/mol. The van der Waals surface area contributed by atoms with E-state index in [1.165, 1.54) is 12.4 Å². The molecule has 0 unspecified atom stereocenters. The van der Waals surface area contributed by atoms with Crippen LogP contribution < -0.4 is 0 Å². The van der Waals surface area contributed by atoms with E-state index in [-0.39, 0.29) is 12.0 Å². The lowest BCUT2D eigenvalue weighted by atomic mass is 9.73. The number of nitrogens with one attached hydrogen (secondary N) is 1. The van der Waals surface area contributed by atoms with Crippen LogP contribution in [-0.4, -0.2) is 72.0 Å². The highest BCUT2D eigenvalue weighted by Crippen LogP contribution is 2.40. The number of aromatic nitrogens is 5. The Labute approximate surface area is 223 Å². The number of aliphatic hydroxyl groups excluding tert-OH is 2. The van der Waals surface area contributed by atoms with Crippen molar-refractivity contribution >= 4 is 22.1 Å². The fourth-order valence-electron chi connectivity index (χ4n) is 6.64. The zero-order valence-corrected chi connectivity index (χ0v) is 21.9. The van der Waals surface area contributed by atoms with Crippen molar-refractivity contribution < 1.29 is 23.4 Å². The number of aromatic amines is 1. The first-order valence-corrected chi connectivity index (χ1v) is 13.5. The third-order valence-electron chi connectivity index (χ3n) is 8.63. The fourth-order valence-corrected chi connectivity index (χ4v) is 6.64. The Morgan fingerprint density at radius 3 is 2.62 bits per heavy atom. The van der Waals surface area contributed by atoms with Crippen LogP contribution in [0, 0.1) is 24.7 Å². The van der Waals surface area contributed by atoms with Crippen LogP contribution in [0.5, 0.6) is 0 Å². The number of aryl methyl sites for hydroxylation is 1. The minimum Gasteiger partial charge on any atom is -0.390 e. The van der Waals surface area contributed by atoms with Crippen LogP contribution in [-0.2, 0) is 12.6 Å². The van der Waals surface area contributed by atoms with Crippen molar-refractivity contribution in [2.45, 2.75) is 57.0 Å². The van der Waals surface area contributed by atoms with Crippen molar-refractivity contribution in [3.05, 3.63) is 53.9 Å². The van der Waals surface area contributed by atoms with E-state index in [1.54, 1.807) is 0 Å². The minimum absolute atomic E-state index is 0.0524. The molecule has 1 aromatic carbocycles. The Balaban J connectivity index is 1.01. The molecule has 0 spiro atoms. The van der Waals surface area contributed by atoms with E-state index in [2.05, 4.69) is 31.9 Å². The summed E-state index contributed by atoms with van der Waals surface area (Å²) in [6.45, 7) is 3.52. The standard InChI is InChI=1S/C28H33F3N6O2/c1-15-20-5-6-37(27(20)33-14-32-15)23-10-18(25(38)26(23)39)13-36(2)12-17-7-16(8-17)9-24-34-21-4-3-19(28(29,30)31)11-22(21)35-24/h3-6,11,14,16-18,23,25-26,38-39H,7-10,12-13H2,1-2H3,(H,34,35)/t16?,17?,18-,23-,25-,26+/m1/s1. The molecule has 3 aromatic heterocycles. The third-order valence-corrected chi connectivity index (χ3v) is 8.63. The van der Waals surface area contributed by atoms with Crippen LogP contribution >= 0.6 is 0 Å². The third kappa shape index (κ3) is 5.03. The molecule has 0 amide bonds. The molecule has 0 radical (unpaired) electrons. The first-order chi connectivity index (χ1) is 18.6. The predicted molar refractivity (Wildman–Crippen MR) is 140 cm³/mol. The highest BCUT2D eigenvalue weighted by atomic mass is 19.4. The zero-order chi connectivity index (χ0) is 27.5. The van der Waals surface area contributed by atoms with Gasteiger partial charge in [0, 0.05) is 37.0 Å². The lowest BCUT2D eigenvalue weighted by molar-refractivity contribution is -0.137.